The highest BCUT2D eigenvalue weighted by atomic mass is 16.5. The predicted octanol–water partition coefficient (Wildman–Crippen LogP) is 1.90. The van der Waals surface area contributed by atoms with Crippen LogP contribution in [0.2, 0.25) is 0 Å². The first kappa shape index (κ1) is 13.2. The number of nitrogens with one attached hydrogen (secondary N) is 1. The van der Waals surface area contributed by atoms with Crippen LogP contribution >= 0.6 is 0 Å². The molecular formula is C14H22N2O2. The molecule has 1 aromatic rings. The van der Waals surface area contributed by atoms with Gasteiger partial charge in [0.25, 0.3) is 0 Å². The number of phenols is 1. The van der Waals surface area contributed by atoms with Gasteiger partial charge in [-0.3, -0.25) is 0 Å². The molecule has 0 radical (unpaired) electrons. The number of benzene rings is 1. The van der Waals surface area contributed by atoms with Crippen molar-refractivity contribution in [3.63, 3.8) is 0 Å². The van der Waals surface area contributed by atoms with Gasteiger partial charge in [0.1, 0.15) is 5.75 Å². The molecule has 2 N–H and O–H groups in total. The molecule has 0 bridgehead atoms. The number of nitrogens with zero attached hydrogens (tertiary/aromatic N) is 1. The fourth-order valence-electron chi connectivity index (χ4n) is 2.38. The minimum atomic E-state index is 0.101. The highest BCUT2D eigenvalue weighted by Gasteiger charge is 2.19. The van der Waals surface area contributed by atoms with Gasteiger partial charge < -0.3 is 20.1 Å². The summed E-state index contributed by atoms with van der Waals surface area (Å²) in [5.41, 5.74) is 1.99. The van der Waals surface area contributed by atoms with Crippen LogP contribution in [0.5, 0.6) is 5.75 Å². The maximum Gasteiger partial charge on any atom is 0.122 e. The smallest absolute Gasteiger partial charge is 0.122 e. The molecule has 4 heteroatoms. The van der Waals surface area contributed by atoms with Crippen molar-refractivity contribution in [1.82, 2.24) is 5.32 Å². The van der Waals surface area contributed by atoms with Crippen molar-refractivity contribution >= 4 is 5.69 Å². The molecular weight excluding hydrogens is 228 g/mol. The summed E-state index contributed by atoms with van der Waals surface area (Å²) in [6, 6.07) is 6.01. The Balaban J connectivity index is 2.18. The Labute approximate surface area is 109 Å². The predicted molar refractivity (Wildman–Crippen MR) is 73.2 cm³/mol. The third kappa shape index (κ3) is 2.76. The number of anilines is 1. The number of hydrogen-bond acceptors (Lipinski definition) is 4. The Kier molecular flexibility index (Phi) is 4.44. The third-order valence-corrected chi connectivity index (χ3v) is 3.44. The highest BCUT2D eigenvalue weighted by molar-refractivity contribution is 5.54. The average molecular weight is 250 g/mol. The second kappa shape index (κ2) is 6.07. The van der Waals surface area contributed by atoms with Gasteiger partial charge in [-0.05, 0) is 19.9 Å². The van der Waals surface area contributed by atoms with E-state index in [1.54, 1.807) is 0 Å². The van der Waals surface area contributed by atoms with Gasteiger partial charge in [-0.25, -0.2) is 0 Å². The molecule has 0 unspecified atom stereocenters. The van der Waals surface area contributed by atoms with Crippen LogP contribution in [0, 0.1) is 0 Å². The molecule has 1 heterocycles. The van der Waals surface area contributed by atoms with E-state index in [4.69, 9.17) is 4.74 Å². The summed E-state index contributed by atoms with van der Waals surface area (Å²) in [6.45, 7) is 8.32. The molecule has 18 heavy (non-hydrogen) atoms. The van der Waals surface area contributed by atoms with Crippen molar-refractivity contribution < 1.29 is 9.84 Å². The molecule has 100 valence electrons. The number of aromatic hydroxyl groups is 1. The molecule has 0 spiro atoms. The van der Waals surface area contributed by atoms with Crippen molar-refractivity contribution in [3.8, 4) is 5.75 Å². The maximum absolute atomic E-state index is 10.2. The Morgan fingerprint density at radius 2 is 2.17 bits per heavy atom. The fourth-order valence-corrected chi connectivity index (χ4v) is 2.38. The van der Waals surface area contributed by atoms with Gasteiger partial charge in [0.2, 0.25) is 0 Å². The monoisotopic (exact) mass is 250 g/mol. The first-order valence-electron chi connectivity index (χ1n) is 6.65. The molecule has 1 aliphatic rings. The van der Waals surface area contributed by atoms with E-state index in [9.17, 15) is 5.11 Å². The van der Waals surface area contributed by atoms with E-state index in [1.165, 1.54) is 0 Å². The van der Waals surface area contributed by atoms with Crippen molar-refractivity contribution in [2.45, 2.75) is 19.9 Å². The van der Waals surface area contributed by atoms with Crippen LogP contribution in [-0.4, -0.2) is 38.0 Å². The highest BCUT2D eigenvalue weighted by Crippen LogP contribution is 2.30. The standard InChI is InChI=1S/C14H22N2O2/c1-3-16(4-2)11-5-6-12(14(17)9-11)13-10-18-8-7-15-13/h5-6,9,13,15,17H,3-4,7-8,10H2,1-2H3/t13-/m0/s1. The van der Waals surface area contributed by atoms with Crippen LogP contribution in [0.4, 0.5) is 5.69 Å². The molecule has 1 aromatic carbocycles. The molecule has 0 aliphatic carbocycles. The number of phenolic OH excluding ortho intramolecular Hbond substituents is 1. The van der Waals surface area contributed by atoms with Crippen molar-refractivity contribution in [2.24, 2.45) is 0 Å². The van der Waals surface area contributed by atoms with Gasteiger partial charge >= 0.3 is 0 Å². The lowest BCUT2D eigenvalue weighted by Crippen LogP contribution is -2.34. The maximum atomic E-state index is 10.2. The molecule has 2 rings (SSSR count). The zero-order valence-electron chi connectivity index (χ0n) is 11.1. The van der Waals surface area contributed by atoms with Gasteiger partial charge in [0.15, 0.2) is 0 Å². The third-order valence-electron chi connectivity index (χ3n) is 3.44. The average Bonchev–Trinajstić information content (AvgIpc) is 2.41. The zero-order chi connectivity index (χ0) is 13.0. The summed E-state index contributed by atoms with van der Waals surface area (Å²) in [6.07, 6.45) is 0. The Hall–Kier alpha value is -1.26. The van der Waals surface area contributed by atoms with Crippen molar-refractivity contribution in [3.05, 3.63) is 23.8 Å². The second-order valence-electron chi connectivity index (χ2n) is 4.50. The summed E-state index contributed by atoms with van der Waals surface area (Å²) < 4.78 is 5.43. The van der Waals surface area contributed by atoms with E-state index >= 15 is 0 Å². The first-order valence-corrected chi connectivity index (χ1v) is 6.65. The van der Waals surface area contributed by atoms with Crippen molar-refractivity contribution in [1.29, 1.82) is 0 Å². The van der Waals surface area contributed by atoms with E-state index in [2.05, 4.69) is 30.1 Å². The second-order valence-corrected chi connectivity index (χ2v) is 4.50. The topological polar surface area (TPSA) is 44.7 Å². The molecule has 1 atom stereocenters. The van der Waals surface area contributed by atoms with Gasteiger partial charge in [-0.1, -0.05) is 6.07 Å². The van der Waals surface area contributed by atoms with E-state index in [1.807, 2.05) is 12.1 Å². The van der Waals surface area contributed by atoms with Crippen LogP contribution in [0.25, 0.3) is 0 Å². The molecule has 4 nitrogen and oxygen atoms in total. The minimum absolute atomic E-state index is 0.101. The Bertz CT molecular complexity index is 385. The van der Waals surface area contributed by atoms with E-state index in [0.717, 1.165) is 37.5 Å². The molecule has 0 amide bonds. The van der Waals surface area contributed by atoms with Crippen LogP contribution < -0.4 is 10.2 Å². The number of rotatable bonds is 4. The largest absolute Gasteiger partial charge is 0.508 e. The fraction of sp³-hybridized carbons (Fsp3) is 0.571. The lowest BCUT2D eigenvalue weighted by atomic mass is 10.0. The van der Waals surface area contributed by atoms with E-state index in [0.29, 0.717) is 12.4 Å². The summed E-state index contributed by atoms with van der Waals surface area (Å²) in [5.74, 6) is 0.349. The van der Waals surface area contributed by atoms with Gasteiger partial charge in [0, 0.05) is 37.0 Å². The lowest BCUT2D eigenvalue weighted by Gasteiger charge is -2.26. The number of ether oxygens (including phenoxy) is 1. The van der Waals surface area contributed by atoms with Crippen LogP contribution in [0.3, 0.4) is 0 Å². The van der Waals surface area contributed by atoms with Crippen LogP contribution in [0.1, 0.15) is 25.5 Å². The van der Waals surface area contributed by atoms with Gasteiger partial charge in [0.05, 0.1) is 19.3 Å². The summed E-state index contributed by atoms with van der Waals surface area (Å²) >= 11 is 0. The molecule has 0 aromatic heterocycles. The molecule has 1 fully saturated rings. The molecule has 1 aliphatic heterocycles. The Morgan fingerprint density at radius 3 is 2.72 bits per heavy atom. The summed E-state index contributed by atoms with van der Waals surface area (Å²) in [4.78, 5) is 2.22. The molecule has 1 saturated heterocycles. The summed E-state index contributed by atoms with van der Waals surface area (Å²) in [7, 11) is 0. The Morgan fingerprint density at radius 1 is 1.39 bits per heavy atom. The number of hydrogen-bond donors (Lipinski definition) is 2. The molecule has 0 saturated carbocycles. The van der Waals surface area contributed by atoms with E-state index in [-0.39, 0.29) is 6.04 Å². The minimum Gasteiger partial charge on any atom is -0.508 e. The SMILES string of the molecule is CCN(CC)c1ccc([C@@H]2COCCN2)c(O)c1. The van der Waals surface area contributed by atoms with Gasteiger partial charge in [-0.2, -0.15) is 0 Å². The quantitative estimate of drug-likeness (QED) is 0.856. The zero-order valence-corrected chi connectivity index (χ0v) is 11.1. The van der Waals surface area contributed by atoms with Crippen molar-refractivity contribution in [2.75, 3.05) is 37.7 Å². The number of morpholine rings is 1. The van der Waals surface area contributed by atoms with Crippen LogP contribution in [-0.2, 0) is 4.74 Å². The first-order chi connectivity index (χ1) is 8.76. The van der Waals surface area contributed by atoms with Crippen LogP contribution in [0.15, 0.2) is 18.2 Å². The lowest BCUT2D eigenvalue weighted by molar-refractivity contribution is 0.0761. The summed E-state index contributed by atoms with van der Waals surface area (Å²) in [5, 5.41) is 13.5. The normalized spacial score (nSPS) is 19.8. The van der Waals surface area contributed by atoms with E-state index < -0.39 is 0 Å². The van der Waals surface area contributed by atoms with Gasteiger partial charge in [-0.15, -0.1) is 0 Å².